The van der Waals surface area contributed by atoms with Crippen LogP contribution in [0.4, 0.5) is 0 Å². The Balaban J connectivity index is 1.86. The molecule has 1 amide bonds. The number of nitrogens with one attached hydrogen (secondary N) is 2. The highest BCUT2D eigenvalue weighted by Crippen LogP contribution is 2.33. The molecule has 6 nitrogen and oxygen atoms in total. The van der Waals surface area contributed by atoms with Gasteiger partial charge in [0.1, 0.15) is 5.82 Å². The minimum atomic E-state index is -0.277. The van der Waals surface area contributed by atoms with Crippen molar-refractivity contribution in [3.8, 4) is 11.5 Å². The molecule has 0 spiro atoms. The number of hydrogen-bond donors (Lipinski definition) is 2. The molecule has 0 bridgehead atoms. The molecule has 2 N–H and O–H groups in total. The Morgan fingerprint density at radius 3 is 2.74 bits per heavy atom. The summed E-state index contributed by atoms with van der Waals surface area (Å²) in [5.74, 6) is 1.61. The maximum absolute atomic E-state index is 12.8. The second-order valence-corrected chi connectivity index (χ2v) is 6.20. The van der Waals surface area contributed by atoms with Gasteiger partial charge in [0, 0.05) is 11.1 Å². The Morgan fingerprint density at radius 2 is 2.07 bits per heavy atom. The van der Waals surface area contributed by atoms with Crippen LogP contribution in [0.2, 0.25) is 0 Å². The molecular formula is C21H23N3O3. The second-order valence-electron chi connectivity index (χ2n) is 6.20. The Kier molecular flexibility index (Phi) is 5.45. The number of H-pyrrole nitrogens is 1. The fraction of sp³-hybridized carbons (Fsp3) is 0.238. The van der Waals surface area contributed by atoms with Crippen molar-refractivity contribution in [1.29, 1.82) is 0 Å². The Labute approximate surface area is 158 Å². The van der Waals surface area contributed by atoms with Crippen LogP contribution in [-0.4, -0.2) is 30.1 Å². The number of hydrogen-bond acceptors (Lipinski definition) is 4. The number of nitrogens with zero attached hydrogens (tertiary/aromatic N) is 1. The quantitative estimate of drug-likeness (QED) is 0.625. The van der Waals surface area contributed by atoms with Crippen molar-refractivity contribution >= 4 is 16.9 Å². The number of aromatic amines is 1. The van der Waals surface area contributed by atoms with E-state index in [0.717, 1.165) is 16.6 Å². The SMILES string of the molecule is C=CCc1cc(C(=O)N[C@@H](C)c2nc3ccccc3[nH]2)cc(OC)c1OC. The highest BCUT2D eigenvalue weighted by atomic mass is 16.5. The molecule has 0 radical (unpaired) electrons. The lowest BCUT2D eigenvalue weighted by atomic mass is 10.0. The molecule has 27 heavy (non-hydrogen) atoms. The Morgan fingerprint density at radius 1 is 1.30 bits per heavy atom. The third kappa shape index (κ3) is 3.79. The monoisotopic (exact) mass is 365 g/mol. The van der Waals surface area contributed by atoms with E-state index in [-0.39, 0.29) is 11.9 Å². The molecule has 0 saturated carbocycles. The van der Waals surface area contributed by atoms with Gasteiger partial charge >= 0.3 is 0 Å². The van der Waals surface area contributed by atoms with Gasteiger partial charge in [-0.2, -0.15) is 0 Å². The number of allylic oxidation sites excluding steroid dienone is 1. The molecule has 140 valence electrons. The molecule has 0 aliphatic rings. The van der Waals surface area contributed by atoms with E-state index in [1.54, 1.807) is 32.4 Å². The number of para-hydroxylation sites is 2. The smallest absolute Gasteiger partial charge is 0.252 e. The molecule has 6 heteroatoms. The summed E-state index contributed by atoms with van der Waals surface area (Å²) in [5.41, 5.74) is 3.14. The van der Waals surface area contributed by atoms with E-state index in [0.29, 0.717) is 29.3 Å². The highest BCUT2D eigenvalue weighted by Gasteiger charge is 2.19. The molecule has 2 aromatic carbocycles. The molecule has 3 aromatic rings. The molecular weight excluding hydrogens is 342 g/mol. The topological polar surface area (TPSA) is 76.2 Å². The minimum absolute atomic E-state index is 0.214. The zero-order chi connectivity index (χ0) is 19.4. The normalized spacial score (nSPS) is 11.8. The predicted octanol–water partition coefficient (Wildman–Crippen LogP) is 3.80. The summed E-state index contributed by atoms with van der Waals surface area (Å²) in [6, 6.07) is 11.0. The second kappa shape index (κ2) is 7.95. The van der Waals surface area contributed by atoms with Crippen molar-refractivity contribution < 1.29 is 14.3 Å². The van der Waals surface area contributed by atoms with Gasteiger partial charge in [0.2, 0.25) is 0 Å². The number of ether oxygens (including phenoxy) is 2. The molecule has 3 rings (SSSR count). The summed E-state index contributed by atoms with van der Waals surface area (Å²) in [5, 5.41) is 2.98. The first kappa shape index (κ1) is 18.5. The number of benzene rings is 2. The molecule has 0 fully saturated rings. The lowest BCUT2D eigenvalue weighted by Crippen LogP contribution is -2.27. The summed E-state index contributed by atoms with van der Waals surface area (Å²) in [7, 11) is 3.13. The van der Waals surface area contributed by atoms with Crippen molar-refractivity contribution in [2.75, 3.05) is 14.2 Å². The number of rotatable bonds is 7. The summed E-state index contributed by atoms with van der Waals surface area (Å²) >= 11 is 0. The van der Waals surface area contributed by atoms with Crippen molar-refractivity contribution in [1.82, 2.24) is 15.3 Å². The average Bonchev–Trinajstić information content (AvgIpc) is 3.12. The number of carbonyl (C=O) groups is 1. The van der Waals surface area contributed by atoms with Crippen molar-refractivity contribution in [3.63, 3.8) is 0 Å². The molecule has 0 saturated heterocycles. The predicted molar refractivity (Wildman–Crippen MR) is 105 cm³/mol. The first-order chi connectivity index (χ1) is 13.1. The van der Waals surface area contributed by atoms with Gasteiger partial charge in [0.15, 0.2) is 11.5 Å². The number of imidazole rings is 1. The maximum atomic E-state index is 12.8. The number of fused-ring (bicyclic) bond motifs is 1. The van der Waals surface area contributed by atoms with Crippen molar-refractivity contribution in [2.24, 2.45) is 0 Å². The Hall–Kier alpha value is -3.28. The van der Waals surface area contributed by atoms with Crippen LogP contribution in [0.15, 0.2) is 49.1 Å². The average molecular weight is 365 g/mol. The van der Waals surface area contributed by atoms with Gasteiger partial charge in [-0.05, 0) is 37.6 Å². The fourth-order valence-corrected chi connectivity index (χ4v) is 3.01. The third-order valence-corrected chi connectivity index (χ3v) is 4.35. The van der Waals surface area contributed by atoms with Gasteiger partial charge < -0.3 is 19.8 Å². The van der Waals surface area contributed by atoms with E-state index in [4.69, 9.17) is 9.47 Å². The van der Waals surface area contributed by atoms with Crippen LogP contribution in [0.5, 0.6) is 11.5 Å². The summed E-state index contributed by atoms with van der Waals surface area (Å²) in [4.78, 5) is 20.6. The molecule has 1 heterocycles. The zero-order valence-corrected chi connectivity index (χ0v) is 15.7. The Bertz CT molecular complexity index is 945. The van der Waals surface area contributed by atoms with Gasteiger partial charge in [-0.1, -0.05) is 18.2 Å². The van der Waals surface area contributed by atoms with E-state index in [9.17, 15) is 4.79 Å². The highest BCUT2D eigenvalue weighted by molar-refractivity contribution is 5.95. The fourth-order valence-electron chi connectivity index (χ4n) is 3.01. The maximum Gasteiger partial charge on any atom is 0.252 e. The van der Waals surface area contributed by atoms with E-state index in [2.05, 4.69) is 21.9 Å². The van der Waals surface area contributed by atoms with Crippen LogP contribution < -0.4 is 14.8 Å². The van der Waals surface area contributed by atoms with Gasteiger partial charge in [0.25, 0.3) is 5.91 Å². The number of methoxy groups -OCH3 is 2. The first-order valence-electron chi connectivity index (χ1n) is 8.68. The lowest BCUT2D eigenvalue weighted by molar-refractivity contribution is 0.0938. The third-order valence-electron chi connectivity index (χ3n) is 4.35. The van der Waals surface area contributed by atoms with Crippen LogP contribution in [0.25, 0.3) is 11.0 Å². The van der Waals surface area contributed by atoms with Crippen LogP contribution >= 0.6 is 0 Å². The summed E-state index contributed by atoms with van der Waals surface area (Å²) in [6.45, 7) is 5.65. The molecule has 1 aromatic heterocycles. The summed E-state index contributed by atoms with van der Waals surface area (Å²) < 4.78 is 10.8. The van der Waals surface area contributed by atoms with Gasteiger partial charge in [0.05, 0.1) is 31.3 Å². The molecule has 0 aliphatic carbocycles. The first-order valence-corrected chi connectivity index (χ1v) is 8.68. The summed E-state index contributed by atoms with van der Waals surface area (Å²) in [6.07, 6.45) is 2.33. The molecule has 0 unspecified atom stereocenters. The lowest BCUT2D eigenvalue weighted by Gasteiger charge is -2.16. The van der Waals surface area contributed by atoms with E-state index in [1.807, 2.05) is 31.2 Å². The van der Waals surface area contributed by atoms with Crippen LogP contribution in [0.1, 0.15) is 34.7 Å². The zero-order valence-electron chi connectivity index (χ0n) is 15.7. The minimum Gasteiger partial charge on any atom is -0.493 e. The molecule has 0 aliphatic heterocycles. The van der Waals surface area contributed by atoms with Gasteiger partial charge in [-0.3, -0.25) is 4.79 Å². The molecule has 1 atom stereocenters. The van der Waals surface area contributed by atoms with Crippen molar-refractivity contribution in [2.45, 2.75) is 19.4 Å². The van der Waals surface area contributed by atoms with E-state index < -0.39 is 0 Å². The standard InChI is InChI=1S/C21H23N3O3/c1-5-8-14-11-15(12-18(26-3)19(14)27-4)21(25)22-13(2)20-23-16-9-6-7-10-17(16)24-20/h5-7,9-13H,1,8H2,2-4H3,(H,22,25)(H,23,24)/t13-/m0/s1. The number of aromatic nitrogens is 2. The largest absolute Gasteiger partial charge is 0.493 e. The van der Waals surface area contributed by atoms with Gasteiger partial charge in [-0.15, -0.1) is 6.58 Å². The van der Waals surface area contributed by atoms with Crippen LogP contribution in [0.3, 0.4) is 0 Å². The number of amides is 1. The van der Waals surface area contributed by atoms with E-state index >= 15 is 0 Å². The van der Waals surface area contributed by atoms with Crippen LogP contribution in [-0.2, 0) is 6.42 Å². The van der Waals surface area contributed by atoms with Crippen LogP contribution in [0, 0.1) is 0 Å². The van der Waals surface area contributed by atoms with E-state index in [1.165, 1.54) is 0 Å². The van der Waals surface area contributed by atoms with Crippen molar-refractivity contribution in [3.05, 3.63) is 66.0 Å². The number of carbonyl (C=O) groups excluding carboxylic acids is 1. The van der Waals surface area contributed by atoms with Gasteiger partial charge in [-0.25, -0.2) is 4.98 Å².